The molecule has 1 aromatic heterocycles. The molecule has 0 aliphatic carbocycles. The highest BCUT2D eigenvalue weighted by Crippen LogP contribution is 2.28. The van der Waals surface area contributed by atoms with Gasteiger partial charge in [-0.2, -0.15) is 0 Å². The van der Waals surface area contributed by atoms with Crippen molar-refractivity contribution in [2.45, 2.75) is 37.8 Å². The zero-order valence-electron chi connectivity index (χ0n) is 18.5. The molecule has 3 aromatic rings. The number of nitrogens with zero attached hydrogens (tertiary/aromatic N) is 3. The molecule has 1 aliphatic rings. The third kappa shape index (κ3) is 5.23. The van der Waals surface area contributed by atoms with E-state index in [1.54, 1.807) is 6.20 Å². The van der Waals surface area contributed by atoms with Crippen LogP contribution in [0.2, 0.25) is 0 Å². The number of aromatic nitrogens is 1. The van der Waals surface area contributed by atoms with Crippen LogP contribution < -0.4 is 5.32 Å². The second kappa shape index (κ2) is 9.92. The molecule has 1 fully saturated rings. The van der Waals surface area contributed by atoms with Crippen LogP contribution in [0.15, 0.2) is 67.0 Å². The molecule has 1 unspecified atom stereocenters. The van der Waals surface area contributed by atoms with Gasteiger partial charge in [-0.3, -0.25) is 4.98 Å². The van der Waals surface area contributed by atoms with Crippen molar-refractivity contribution in [1.82, 2.24) is 20.1 Å². The number of nitrogens with one attached hydrogen (secondary N) is 1. The minimum Gasteiger partial charge on any atom is -0.331 e. The number of hydrogen-bond acceptors (Lipinski definition) is 3. The topological polar surface area (TPSA) is 48.5 Å². The fourth-order valence-electron chi connectivity index (χ4n) is 4.52. The number of likely N-dealkylation sites (tertiary alicyclic amines) is 1. The Morgan fingerprint density at radius 2 is 1.90 bits per heavy atom. The molecule has 0 spiro atoms. The summed E-state index contributed by atoms with van der Waals surface area (Å²) < 4.78 is 0. The number of hydrogen-bond donors (Lipinski definition) is 1. The Morgan fingerprint density at radius 3 is 2.68 bits per heavy atom. The Morgan fingerprint density at radius 1 is 1.13 bits per heavy atom. The monoisotopic (exact) mass is 416 g/mol. The molecule has 1 atom stereocenters. The zero-order valence-corrected chi connectivity index (χ0v) is 18.5. The lowest BCUT2D eigenvalue weighted by Crippen LogP contribution is -2.48. The molecule has 5 heteroatoms. The second-order valence-corrected chi connectivity index (χ2v) is 8.62. The number of piperidine rings is 1. The molecule has 1 saturated heterocycles. The molecule has 31 heavy (non-hydrogen) atoms. The third-order valence-corrected chi connectivity index (χ3v) is 6.50. The second-order valence-electron chi connectivity index (χ2n) is 8.62. The summed E-state index contributed by atoms with van der Waals surface area (Å²) in [5.74, 6) is 0. The van der Waals surface area contributed by atoms with Gasteiger partial charge in [-0.05, 0) is 73.8 Å². The molecular weight excluding hydrogens is 384 g/mol. The first-order chi connectivity index (χ1) is 15.1. The molecule has 2 amide bonds. The van der Waals surface area contributed by atoms with E-state index in [-0.39, 0.29) is 12.1 Å². The van der Waals surface area contributed by atoms with Gasteiger partial charge in [-0.15, -0.1) is 0 Å². The van der Waals surface area contributed by atoms with Crippen molar-refractivity contribution in [2.75, 3.05) is 27.2 Å². The lowest BCUT2D eigenvalue weighted by Gasteiger charge is -2.36. The van der Waals surface area contributed by atoms with Crippen molar-refractivity contribution in [1.29, 1.82) is 0 Å². The Bertz CT molecular complexity index is 993. The quantitative estimate of drug-likeness (QED) is 0.637. The Hall–Kier alpha value is -2.92. The van der Waals surface area contributed by atoms with Gasteiger partial charge in [0.25, 0.3) is 0 Å². The van der Waals surface area contributed by atoms with Crippen molar-refractivity contribution in [3.05, 3.63) is 78.1 Å². The predicted molar refractivity (Wildman–Crippen MR) is 126 cm³/mol. The largest absolute Gasteiger partial charge is 0.331 e. The summed E-state index contributed by atoms with van der Waals surface area (Å²) in [6, 6.07) is 19.1. The Kier molecular flexibility index (Phi) is 6.82. The summed E-state index contributed by atoms with van der Waals surface area (Å²) in [6.45, 7) is 2.08. The smallest absolute Gasteiger partial charge is 0.317 e. The van der Waals surface area contributed by atoms with Gasteiger partial charge < -0.3 is 15.1 Å². The SMILES string of the molecule is CN1CCC(N(C)C(=O)NC(CCc2cccnc2)c2cccc3ccccc23)CC1. The van der Waals surface area contributed by atoms with E-state index in [0.29, 0.717) is 6.04 Å². The molecule has 4 rings (SSSR count). The van der Waals surface area contributed by atoms with Crippen molar-refractivity contribution in [3.63, 3.8) is 0 Å². The number of carbonyl (C=O) groups excluding carboxylic acids is 1. The van der Waals surface area contributed by atoms with Crippen LogP contribution >= 0.6 is 0 Å². The van der Waals surface area contributed by atoms with Crippen molar-refractivity contribution in [3.8, 4) is 0 Å². The summed E-state index contributed by atoms with van der Waals surface area (Å²) in [6.07, 6.45) is 7.44. The number of benzene rings is 2. The summed E-state index contributed by atoms with van der Waals surface area (Å²) >= 11 is 0. The third-order valence-electron chi connectivity index (χ3n) is 6.50. The molecule has 2 aromatic carbocycles. The van der Waals surface area contributed by atoms with Crippen LogP contribution in [0.1, 0.15) is 36.4 Å². The van der Waals surface area contributed by atoms with Gasteiger partial charge in [0.15, 0.2) is 0 Å². The molecule has 5 nitrogen and oxygen atoms in total. The highest BCUT2D eigenvalue weighted by molar-refractivity contribution is 5.86. The number of rotatable bonds is 6. The lowest BCUT2D eigenvalue weighted by atomic mass is 9.94. The number of fused-ring (bicyclic) bond motifs is 1. The molecule has 0 radical (unpaired) electrons. The molecule has 162 valence electrons. The van der Waals surface area contributed by atoms with Gasteiger partial charge in [0.1, 0.15) is 0 Å². The van der Waals surface area contributed by atoms with Gasteiger partial charge in [0.2, 0.25) is 0 Å². The van der Waals surface area contributed by atoms with E-state index < -0.39 is 0 Å². The minimum atomic E-state index is -0.0625. The Balaban J connectivity index is 1.55. The number of pyridine rings is 1. The highest BCUT2D eigenvalue weighted by atomic mass is 16.2. The van der Waals surface area contributed by atoms with E-state index in [9.17, 15) is 4.79 Å². The summed E-state index contributed by atoms with van der Waals surface area (Å²) in [5.41, 5.74) is 2.36. The van der Waals surface area contributed by atoms with Crippen molar-refractivity contribution >= 4 is 16.8 Å². The first-order valence-electron chi connectivity index (χ1n) is 11.2. The standard InChI is InChI=1S/C26H32N4O/c1-29-17-14-22(15-18-29)30(2)26(31)28-25(13-12-20-7-6-16-27-19-20)24-11-5-9-21-8-3-4-10-23(21)24/h3-11,16,19,22,25H,12-15,17-18H2,1-2H3,(H,28,31). The van der Waals surface area contributed by atoms with E-state index in [1.165, 1.54) is 21.9 Å². The number of amides is 2. The first kappa shape index (κ1) is 21.3. The maximum Gasteiger partial charge on any atom is 0.317 e. The van der Waals surface area contributed by atoms with Crippen LogP contribution in [0.5, 0.6) is 0 Å². The number of aryl methyl sites for hydroxylation is 1. The molecule has 0 saturated carbocycles. The van der Waals surface area contributed by atoms with Gasteiger partial charge in [0.05, 0.1) is 6.04 Å². The van der Waals surface area contributed by atoms with Crippen LogP contribution in [-0.2, 0) is 6.42 Å². The fourth-order valence-corrected chi connectivity index (χ4v) is 4.52. The Labute approximate surface area is 185 Å². The van der Waals surface area contributed by atoms with Gasteiger partial charge in [-0.1, -0.05) is 48.5 Å². The molecule has 2 heterocycles. The van der Waals surface area contributed by atoms with Gasteiger partial charge in [0, 0.05) is 25.5 Å². The van der Waals surface area contributed by atoms with Crippen molar-refractivity contribution in [2.24, 2.45) is 0 Å². The van der Waals surface area contributed by atoms with Crippen molar-refractivity contribution < 1.29 is 4.79 Å². The van der Waals surface area contributed by atoms with Crippen LogP contribution in [0, 0.1) is 0 Å². The normalized spacial score (nSPS) is 16.2. The van der Waals surface area contributed by atoms with Crippen LogP contribution in [0.3, 0.4) is 0 Å². The molecular formula is C26H32N4O. The van der Waals surface area contributed by atoms with E-state index in [2.05, 4.69) is 70.8 Å². The maximum absolute atomic E-state index is 13.2. The molecule has 1 N–H and O–H groups in total. The summed E-state index contributed by atoms with van der Waals surface area (Å²) in [4.78, 5) is 21.7. The average molecular weight is 417 g/mol. The van der Waals surface area contributed by atoms with Gasteiger partial charge in [-0.25, -0.2) is 4.79 Å². The van der Waals surface area contributed by atoms with Gasteiger partial charge >= 0.3 is 6.03 Å². The van der Waals surface area contributed by atoms with Crippen LogP contribution in [0.25, 0.3) is 10.8 Å². The van der Waals surface area contributed by atoms with E-state index in [4.69, 9.17) is 0 Å². The molecule has 1 aliphatic heterocycles. The zero-order chi connectivity index (χ0) is 21.6. The number of urea groups is 1. The van der Waals surface area contributed by atoms with E-state index in [0.717, 1.165) is 38.8 Å². The van der Waals surface area contributed by atoms with Crippen LogP contribution in [0.4, 0.5) is 4.79 Å². The first-order valence-corrected chi connectivity index (χ1v) is 11.2. The molecule has 0 bridgehead atoms. The van der Waals surface area contributed by atoms with E-state index >= 15 is 0 Å². The van der Waals surface area contributed by atoms with E-state index in [1.807, 2.05) is 24.2 Å². The number of carbonyl (C=O) groups is 1. The highest BCUT2D eigenvalue weighted by Gasteiger charge is 2.26. The predicted octanol–water partition coefficient (Wildman–Crippen LogP) is 4.64. The lowest BCUT2D eigenvalue weighted by molar-refractivity contribution is 0.145. The average Bonchev–Trinajstić information content (AvgIpc) is 2.82. The summed E-state index contributed by atoms with van der Waals surface area (Å²) in [5, 5.41) is 5.75. The summed E-state index contributed by atoms with van der Waals surface area (Å²) in [7, 11) is 4.08. The maximum atomic E-state index is 13.2. The fraction of sp³-hybridized carbons (Fsp3) is 0.385. The van der Waals surface area contributed by atoms with Crippen LogP contribution in [-0.4, -0.2) is 54.0 Å². The minimum absolute atomic E-state index is 0.0127.